The smallest absolute Gasteiger partial charge is 0.339 e. The monoisotopic (exact) mass is 321 g/mol. The third-order valence-corrected chi connectivity index (χ3v) is 2.28. The average Bonchev–Trinajstić information content (AvgIpc) is 2.15. The highest BCUT2D eigenvalue weighted by molar-refractivity contribution is 14.1. The normalized spacial score (nSPS) is 12.1. The van der Waals surface area contributed by atoms with E-state index in [1.807, 2.05) is 6.92 Å². The second-order valence-electron chi connectivity index (χ2n) is 3.17. The van der Waals surface area contributed by atoms with Crippen molar-refractivity contribution in [2.75, 3.05) is 11.9 Å². The van der Waals surface area contributed by atoms with E-state index in [4.69, 9.17) is 5.11 Å². The Balaban J connectivity index is 2.89. The van der Waals surface area contributed by atoms with Crippen molar-refractivity contribution >= 4 is 34.2 Å². The second-order valence-corrected chi connectivity index (χ2v) is 5.29. The van der Waals surface area contributed by atoms with Gasteiger partial charge in [0.15, 0.2) is 5.75 Å². The first kappa shape index (κ1) is 12.1. The van der Waals surface area contributed by atoms with Gasteiger partial charge in [-0.15, -0.1) is 0 Å². The van der Waals surface area contributed by atoms with Crippen LogP contribution in [0.1, 0.15) is 17.3 Å². The molecule has 5 heteroatoms. The molecule has 0 aliphatic rings. The summed E-state index contributed by atoms with van der Waals surface area (Å²) < 4.78 is 0.399. The molecule has 3 N–H and O–H groups in total. The molecular weight excluding hydrogens is 309 g/mol. The van der Waals surface area contributed by atoms with Gasteiger partial charge in [0.2, 0.25) is 0 Å². The van der Waals surface area contributed by atoms with E-state index in [1.54, 1.807) is 12.1 Å². The molecule has 0 radical (unpaired) electrons. The van der Waals surface area contributed by atoms with Crippen LogP contribution in [-0.2, 0) is 0 Å². The minimum Gasteiger partial charge on any atom is -0.505 e. The first-order chi connectivity index (χ1) is 7.02. The molecule has 0 saturated carbocycles. The third kappa shape index (κ3) is 3.26. The lowest BCUT2D eigenvalue weighted by atomic mass is 10.1. The summed E-state index contributed by atoms with van der Waals surface area (Å²) in [5.41, 5.74) is 0.375. The Labute approximate surface area is 101 Å². The number of carbonyl (C=O) groups is 1. The van der Waals surface area contributed by atoms with Crippen molar-refractivity contribution in [1.29, 1.82) is 0 Å². The second kappa shape index (κ2) is 5.20. The molecule has 1 atom stereocenters. The summed E-state index contributed by atoms with van der Waals surface area (Å²) in [6.07, 6.45) is 0. The number of hydrogen-bond acceptors (Lipinski definition) is 3. The van der Waals surface area contributed by atoms with Crippen molar-refractivity contribution in [1.82, 2.24) is 0 Å². The van der Waals surface area contributed by atoms with E-state index in [9.17, 15) is 9.90 Å². The van der Waals surface area contributed by atoms with Crippen molar-refractivity contribution in [3.05, 3.63) is 23.8 Å². The summed E-state index contributed by atoms with van der Waals surface area (Å²) in [5.74, 6) is -1.33. The van der Waals surface area contributed by atoms with Crippen molar-refractivity contribution in [2.24, 2.45) is 0 Å². The van der Waals surface area contributed by atoms with E-state index in [2.05, 4.69) is 27.9 Å². The van der Waals surface area contributed by atoms with Crippen molar-refractivity contribution < 1.29 is 15.0 Å². The number of phenols is 1. The van der Waals surface area contributed by atoms with Gasteiger partial charge in [-0.2, -0.15) is 0 Å². The Morgan fingerprint density at radius 1 is 1.60 bits per heavy atom. The fourth-order valence-corrected chi connectivity index (χ4v) is 1.33. The van der Waals surface area contributed by atoms with E-state index < -0.39 is 5.97 Å². The molecule has 4 nitrogen and oxygen atoms in total. The number of rotatable bonds is 4. The molecule has 0 aromatic heterocycles. The molecule has 1 unspecified atom stereocenters. The highest BCUT2D eigenvalue weighted by atomic mass is 127. The lowest BCUT2D eigenvalue weighted by Crippen LogP contribution is -2.10. The summed E-state index contributed by atoms with van der Waals surface area (Å²) in [4.78, 5) is 10.7. The Bertz CT molecular complexity index is 366. The van der Waals surface area contributed by atoms with E-state index in [1.165, 1.54) is 6.07 Å². The van der Waals surface area contributed by atoms with Crippen LogP contribution in [0.5, 0.6) is 5.75 Å². The molecule has 0 aliphatic heterocycles. The van der Waals surface area contributed by atoms with Gasteiger partial charge >= 0.3 is 5.97 Å². The van der Waals surface area contributed by atoms with Crippen LogP contribution in [0.25, 0.3) is 0 Å². The maximum absolute atomic E-state index is 10.7. The number of alkyl halides is 1. The van der Waals surface area contributed by atoms with Crippen LogP contribution < -0.4 is 5.32 Å². The first-order valence-electron chi connectivity index (χ1n) is 4.45. The fraction of sp³-hybridized carbons (Fsp3) is 0.300. The molecule has 0 fully saturated rings. The van der Waals surface area contributed by atoms with Crippen molar-refractivity contribution in [3.8, 4) is 5.75 Å². The zero-order valence-corrected chi connectivity index (χ0v) is 10.4. The molecule has 1 aromatic rings. The van der Waals surface area contributed by atoms with E-state index in [-0.39, 0.29) is 11.3 Å². The Morgan fingerprint density at radius 3 is 2.80 bits per heavy atom. The molecule has 0 saturated heterocycles. The van der Waals surface area contributed by atoms with Gasteiger partial charge < -0.3 is 15.5 Å². The molecule has 0 heterocycles. The van der Waals surface area contributed by atoms with Crippen LogP contribution in [0.4, 0.5) is 5.69 Å². The standard InChI is InChI=1S/C10H12INO3/c1-6(11)5-12-8-4-2-3-7(9(8)13)10(14)15/h2-4,6,12-13H,5H2,1H3,(H,14,15). The van der Waals surface area contributed by atoms with Crippen molar-refractivity contribution in [3.63, 3.8) is 0 Å². The molecule has 0 amide bonds. The van der Waals surface area contributed by atoms with Crippen LogP contribution in [-0.4, -0.2) is 26.7 Å². The zero-order valence-electron chi connectivity index (χ0n) is 8.20. The molecule has 1 aromatic carbocycles. The molecule has 15 heavy (non-hydrogen) atoms. The van der Waals surface area contributed by atoms with Crippen LogP contribution in [0.3, 0.4) is 0 Å². The summed E-state index contributed by atoms with van der Waals surface area (Å²) in [6.45, 7) is 2.70. The molecule has 1 rings (SSSR count). The maximum atomic E-state index is 10.7. The first-order valence-corrected chi connectivity index (χ1v) is 5.70. The van der Waals surface area contributed by atoms with Gasteiger partial charge in [0, 0.05) is 10.5 Å². The highest BCUT2D eigenvalue weighted by Crippen LogP contribution is 2.27. The molecule has 0 aliphatic carbocycles. The minimum absolute atomic E-state index is 0.0823. The van der Waals surface area contributed by atoms with Gasteiger partial charge in [0.25, 0.3) is 0 Å². The number of benzene rings is 1. The average molecular weight is 321 g/mol. The summed E-state index contributed by atoms with van der Waals surface area (Å²) in [5, 5.41) is 21.4. The summed E-state index contributed by atoms with van der Waals surface area (Å²) in [6, 6.07) is 4.63. The van der Waals surface area contributed by atoms with E-state index in [0.717, 1.165) is 0 Å². The summed E-state index contributed by atoms with van der Waals surface area (Å²) >= 11 is 2.24. The van der Waals surface area contributed by atoms with Gasteiger partial charge in [-0.3, -0.25) is 0 Å². The Hall–Kier alpha value is -0.980. The molecule has 0 bridgehead atoms. The van der Waals surface area contributed by atoms with Gasteiger partial charge in [0.05, 0.1) is 5.69 Å². The molecular formula is C10H12INO3. The SMILES string of the molecule is CC(I)CNc1cccc(C(=O)O)c1O. The van der Waals surface area contributed by atoms with Crippen LogP contribution in [0, 0.1) is 0 Å². The Morgan fingerprint density at radius 2 is 2.27 bits per heavy atom. The van der Waals surface area contributed by atoms with Crippen LogP contribution in [0.15, 0.2) is 18.2 Å². The number of carboxylic acids is 1. The van der Waals surface area contributed by atoms with E-state index >= 15 is 0 Å². The predicted octanol–water partition coefficient (Wildman–Crippen LogP) is 2.33. The van der Waals surface area contributed by atoms with Gasteiger partial charge in [-0.25, -0.2) is 4.79 Å². The van der Waals surface area contributed by atoms with Crippen LogP contribution >= 0.6 is 22.6 Å². The Kier molecular flexibility index (Phi) is 4.19. The number of aromatic carboxylic acids is 1. The van der Waals surface area contributed by atoms with Crippen LogP contribution in [0.2, 0.25) is 0 Å². The summed E-state index contributed by atoms with van der Waals surface area (Å²) in [7, 11) is 0. The molecule has 0 spiro atoms. The minimum atomic E-state index is -1.13. The third-order valence-electron chi connectivity index (χ3n) is 1.84. The molecule has 82 valence electrons. The van der Waals surface area contributed by atoms with Gasteiger partial charge in [-0.05, 0) is 12.1 Å². The van der Waals surface area contributed by atoms with Gasteiger partial charge in [-0.1, -0.05) is 35.6 Å². The van der Waals surface area contributed by atoms with Gasteiger partial charge in [0.1, 0.15) is 5.56 Å². The lowest BCUT2D eigenvalue weighted by molar-refractivity contribution is 0.0694. The number of carboxylic acid groups (broad SMARTS) is 1. The predicted molar refractivity (Wildman–Crippen MR) is 67.0 cm³/mol. The quantitative estimate of drug-likeness (QED) is 0.452. The topological polar surface area (TPSA) is 69.6 Å². The number of para-hydroxylation sites is 1. The number of nitrogens with one attached hydrogen (secondary N) is 1. The lowest BCUT2D eigenvalue weighted by Gasteiger charge is -2.10. The maximum Gasteiger partial charge on any atom is 0.339 e. The largest absolute Gasteiger partial charge is 0.505 e. The zero-order chi connectivity index (χ0) is 11.4. The number of aromatic hydroxyl groups is 1. The van der Waals surface area contributed by atoms with Crippen molar-refractivity contribution in [2.45, 2.75) is 10.8 Å². The fourth-order valence-electron chi connectivity index (χ4n) is 1.11. The highest BCUT2D eigenvalue weighted by Gasteiger charge is 2.12. The van der Waals surface area contributed by atoms with E-state index in [0.29, 0.717) is 16.2 Å². The number of anilines is 1. The number of halogens is 1. The number of hydrogen-bond donors (Lipinski definition) is 3.